The largest absolute Gasteiger partial charge is 0.441 e. The van der Waals surface area contributed by atoms with Crippen LogP contribution >= 0.6 is 24.0 Å². The topological polar surface area (TPSA) is 36.7 Å². The average Bonchev–Trinajstić information content (AvgIpc) is 3.09. The smallest absolute Gasteiger partial charge is 0.266 e. The van der Waals surface area contributed by atoms with Crippen molar-refractivity contribution in [3.63, 3.8) is 0 Å². The molecule has 0 N–H and O–H groups in total. The molecule has 0 saturated carbocycles. The Labute approximate surface area is 140 Å². The maximum Gasteiger partial charge on any atom is 0.266 e. The van der Waals surface area contributed by atoms with Crippen LogP contribution in [0.15, 0.2) is 21.5 Å². The molecule has 1 aromatic heterocycles. The molecule has 3 heterocycles. The van der Waals surface area contributed by atoms with Crippen molar-refractivity contribution >= 4 is 46.2 Å². The van der Waals surface area contributed by atoms with E-state index in [9.17, 15) is 4.79 Å². The van der Waals surface area contributed by atoms with Crippen molar-refractivity contribution in [1.82, 2.24) is 4.90 Å². The van der Waals surface area contributed by atoms with Gasteiger partial charge in [0.25, 0.3) is 5.91 Å². The quantitative estimate of drug-likeness (QED) is 0.616. The lowest BCUT2D eigenvalue weighted by Gasteiger charge is -2.25. The van der Waals surface area contributed by atoms with E-state index in [-0.39, 0.29) is 5.91 Å². The summed E-state index contributed by atoms with van der Waals surface area (Å²) in [6.45, 7) is 4.82. The highest BCUT2D eigenvalue weighted by Gasteiger charge is 2.31. The van der Waals surface area contributed by atoms with E-state index >= 15 is 0 Å². The van der Waals surface area contributed by atoms with Gasteiger partial charge in [0.15, 0.2) is 5.88 Å². The molecule has 0 spiro atoms. The van der Waals surface area contributed by atoms with Crippen molar-refractivity contribution in [1.29, 1.82) is 0 Å². The van der Waals surface area contributed by atoms with E-state index in [0.717, 1.165) is 31.2 Å². The van der Waals surface area contributed by atoms with Gasteiger partial charge < -0.3 is 9.32 Å². The van der Waals surface area contributed by atoms with Crippen molar-refractivity contribution in [3.05, 3.63) is 22.8 Å². The molecule has 22 heavy (non-hydrogen) atoms. The van der Waals surface area contributed by atoms with Crippen LogP contribution < -0.4 is 4.90 Å². The van der Waals surface area contributed by atoms with Crippen LogP contribution in [0.25, 0.3) is 6.08 Å². The van der Waals surface area contributed by atoms with Crippen LogP contribution in [0.5, 0.6) is 0 Å². The van der Waals surface area contributed by atoms with Gasteiger partial charge in [0.05, 0.1) is 4.91 Å². The van der Waals surface area contributed by atoms with Crippen LogP contribution in [-0.2, 0) is 4.79 Å². The van der Waals surface area contributed by atoms with Gasteiger partial charge in [-0.15, -0.1) is 0 Å². The highest BCUT2D eigenvalue weighted by molar-refractivity contribution is 8.26. The Morgan fingerprint density at radius 3 is 2.82 bits per heavy atom. The third-order valence-electron chi connectivity index (χ3n) is 3.87. The summed E-state index contributed by atoms with van der Waals surface area (Å²) in [5, 5.41) is 0. The summed E-state index contributed by atoms with van der Waals surface area (Å²) in [6, 6.07) is 3.92. The third kappa shape index (κ3) is 3.22. The molecule has 0 unspecified atom stereocenters. The zero-order valence-corrected chi connectivity index (χ0v) is 14.3. The van der Waals surface area contributed by atoms with E-state index in [1.54, 1.807) is 4.90 Å². The van der Waals surface area contributed by atoms with Gasteiger partial charge in [-0.3, -0.25) is 9.69 Å². The molecule has 0 radical (unpaired) electrons. The van der Waals surface area contributed by atoms with Gasteiger partial charge in [-0.25, -0.2) is 0 Å². The van der Waals surface area contributed by atoms with E-state index in [0.29, 0.717) is 15.8 Å². The van der Waals surface area contributed by atoms with Gasteiger partial charge in [-0.05, 0) is 31.7 Å². The molecule has 0 atom stereocenters. The average molecular weight is 336 g/mol. The van der Waals surface area contributed by atoms with E-state index in [4.69, 9.17) is 16.6 Å². The fourth-order valence-corrected chi connectivity index (χ4v) is 4.04. The summed E-state index contributed by atoms with van der Waals surface area (Å²) in [7, 11) is 0. The van der Waals surface area contributed by atoms with Gasteiger partial charge >= 0.3 is 0 Å². The predicted molar refractivity (Wildman–Crippen MR) is 94.9 cm³/mol. The Morgan fingerprint density at radius 1 is 1.32 bits per heavy atom. The Hall–Kier alpha value is -1.27. The van der Waals surface area contributed by atoms with Crippen molar-refractivity contribution < 1.29 is 9.21 Å². The van der Waals surface area contributed by atoms with Crippen LogP contribution in [0.2, 0.25) is 0 Å². The first-order valence-corrected chi connectivity index (χ1v) is 9.01. The van der Waals surface area contributed by atoms with Crippen LogP contribution in [-0.4, -0.2) is 34.8 Å². The number of furan rings is 1. The first-order chi connectivity index (χ1) is 10.7. The van der Waals surface area contributed by atoms with Gasteiger partial charge in [0.1, 0.15) is 10.1 Å². The summed E-state index contributed by atoms with van der Waals surface area (Å²) in [4.78, 5) is 16.9. The molecule has 1 amide bonds. The zero-order chi connectivity index (χ0) is 15.5. The molecule has 3 rings (SSSR count). The number of nitrogens with zero attached hydrogens (tertiary/aromatic N) is 2. The minimum atomic E-state index is -0.00669. The van der Waals surface area contributed by atoms with Crippen LogP contribution in [0.1, 0.15) is 38.4 Å². The second-order valence-electron chi connectivity index (χ2n) is 5.56. The van der Waals surface area contributed by atoms with Gasteiger partial charge in [-0.2, -0.15) is 0 Å². The lowest BCUT2D eigenvalue weighted by Crippen LogP contribution is -2.28. The van der Waals surface area contributed by atoms with Crippen molar-refractivity contribution in [2.75, 3.05) is 24.5 Å². The second kappa shape index (κ2) is 6.87. The summed E-state index contributed by atoms with van der Waals surface area (Å²) in [5.41, 5.74) is 0. The van der Waals surface area contributed by atoms with Crippen LogP contribution in [0, 0.1) is 0 Å². The molecule has 1 aromatic rings. The number of amides is 1. The molecule has 2 fully saturated rings. The van der Waals surface area contributed by atoms with E-state index in [1.807, 2.05) is 25.1 Å². The third-order valence-corrected chi connectivity index (χ3v) is 5.25. The number of hydrogen-bond acceptors (Lipinski definition) is 5. The second-order valence-corrected chi connectivity index (χ2v) is 7.23. The molecule has 2 aliphatic rings. The first kappa shape index (κ1) is 15.6. The van der Waals surface area contributed by atoms with E-state index in [2.05, 4.69) is 4.90 Å². The standard InChI is InChI=1S/C16H20N2O2S2/c1-2-8-18-15(19)13(22-16(18)21)11-12-6-7-14(20-12)17-9-4-3-5-10-17/h6-7,11H,2-5,8-10H2,1H3/b13-11-. The molecular formula is C16H20N2O2S2. The van der Waals surface area contributed by atoms with Crippen LogP contribution in [0.3, 0.4) is 0 Å². The number of thiocarbonyl (C=S) groups is 1. The number of hydrogen-bond donors (Lipinski definition) is 0. The number of carbonyl (C=O) groups excluding carboxylic acids is 1. The van der Waals surface area contributed by atoms with E-state index < -0.39 is 0 Å². The monoisotopic (exact) mass is 336 g/mol. The van der Waals surface area contributed by atoms with Gasteiger partial charge in [0, 0.05) is 31.8 Å². The molecule has 2 aliphatic heterocycles. The Kier molecular flexibility index (Phi) is 4.88. The Balaban J connectivity index is 1.74. The molecular weight excluding hydrogens is 316 g/mol. The molecule has 6 heteroatoms. The van der Waals surface area contributed by atoms with Crippen molar-refractivity contribution in [2.45, 2.75) is 32.6 Å². The number of rotatable bonds is 4. The minimum absolute atomic E-state index is 0.00669. The maximum absolute atomic E-state index is 12.3. The lowest BCUT2D eigenvalue weighted by molar-refractivity contribution is -0.122. The molecule has 118 valence electrons. The van der Waals surface area contributed by atoms with Crippen molar-refractivity contribution in [3.8, 4) is 0 Å². The molecule has 2 saturated heterocycles. The first-order valence-electron chi connectivity index (χ1n) is 7.79. The maximum atomic E-state index is 12.3. The number of anilines is 1. The molecule has 4 nitrogen and oxygen atoms in total. The summed E-state index contributed by atoms with van der Waals surface area (Å²) in [5.74, 6) is 1.61. The Bertz CT molecular complexity index is 603. The lowest BCUT2D eigenvalue weighted by atomic mass is 10.1. The van der Waals surface area contributed by atoms with Crippen LogP contribution in [0.4, 0.5) is 5.88 Å². The summed E-state index contributed by atoms with van der Waals surface area (Å²) in [6.07, 6.45) is 6.43. The summed E-state index contributed by atoms with van der Waals surface area (Å²) >= 11 is 6.63. The number of piperidine rings is 1. The summed E-state index contributed by atoms with van der Waals surface area (Å²) < 4.78 is 6.53. The molecule has 0 aromatic carbocycles. The SMILES string of the molecule is CCCN1C(=O)/C(=C/c2ccc(N3CCCCC3)o2)SC1=S. The number of thioether (sulfide) groups is 1. The predicted octanol–water partition coefficient (Wildman–Crippen LogP) is 3.88. The van der Waals surface area contributed by atoms with Crippen molar-refractivity contribution in [2.24, 2.45) is 0 Å². The zero-order valence-electron chi connectivity index (χ0n) is 12.7. The highest BCUT2D eigenvalue weighted by atomic mass is 32.2. The highest BCUT2D eigenvalue weighted by Crippen LogP contribution is 2.33. The van der Waals surface area contributed by atoms with E-state index in [1.165, 1.54) is 31.0 Å². The fourth-order valence-electron chi connectivity index (χ4n) is 2.75. The minimum Gasteiger partial charge on any atom is -0.441 e. The molecule has 0 aliphatic carbocycles. The molecule has 0 bridgehead atoms. The Morgan fingerprint density at radius 2 is 2.09 bits per heavy atom. The van der Waals surface area contributed by atoms with Gasteiger partial charge in [-0.1, -0.05) is 30.9 Å². The number of carbonyl (C=O) groups is 1. The normalized spacial score (nSPS) is 21.2. The van der Waals surface area contributed by atoms with Gasteiger partial charge in [0.2, 0.25) is 0 Å². The fraction of sp³-hybridized carbons (Fsp3) is 0.500.